The molecule has 2 atom stereocenters. The van der Waals surface area contributed by atoms with Crippen LogP contribution in [0.1, 0.15) is 18.5 Å². The first-order valence-corrected chi connectivity index (χ1v) is 9.06. The number of aliphatic carboxylic acids is 1. The largest absolute Gasteiger partial charge is 0.548 e. The number of carbonyl (C=O) groups excluding carboxylic acids is 2. The van der Waals surface area contributed by atoms with Crippen LogP contribution in [-0.4, -0.2) is 27.1 Å². The summed E-state index contributed by atoms with van der Waals surface area (Å²) >= 11 is 0. The molecule has 0 bridgehead atoms. The van der Waals surface area contributed by atoms with Gasteiger partial charge in [-0.05, 0) is 24.6 Å². The van der Waals surface area contributed by atoms with E-state index in [1.807, 2.05) is 0 Å². The first-order valence-electron chi connectivity index (χ1n) is 9.06. The second kappa shape index (κ2) is 8.14. The minimum absolute atomic E-state index is 0.0416. The van der Waals surface area contributed by atoms with E-state index in [4.69, 9.17) is 0 Å². The number of nitrogens with one attached hydrogen (secondary N) is 1. The third-order valence-corrected chi connectivity index (χ3v) is 4.81. The summed E-state index contributed by atoms with van der Waals surface area (Å²) in [4.78, 5) is 50.0. The molecule has 1 heterocycles. The van der Waals surface area contributed by atoms with Crippen LogP contribution in [0, 0.1) is 0 Å². The van der Waals surface area contributed by atoms with Crippen molar-refractivity contribution < 1.29 is 14.7 Å². The summed E-state index contributed by atoms with van der Waals surface area (Å²) in [6, 6.07) is 13.0. The molecule has 1 amide bonds. The van der Waals surface area contributed by atoms with E-state index in [1.165, 1.54) is 18.5 Å². The summed E-state index contributed by atoms with van der Waals surface area (Å²) in [6.07, 6.45) is 0.0416. The minimum atomic E-state index is -1.46. The fourth-order valence-corrected chi connectivity index (χ4v) is 3.21. The first kappa shape index (κ1) is 20.1. The van der Waals surface area contributed by atoms with Crippen molar-refractivity contribution in [1.82, 2.24) is 14.5 Å². The Morgan fingerprint density at radius 2 is 1.66 bits per heavy atom. The smallest absolute Gasteiger partial charge is 0.331 e. The molecule has 0 saturated carbocycles. The van der Waals surface area contributed by atoms with Crippen molar-refractivity contribution in [3.8, 4) is 0 Å². The molecule has 2 aromatic carbocycles. The van der Waals surface area contributed by atoms with Gasteiger partial charge in [-0.3, -0.25) is 14.2 Å². The number of para-hydroxylation sites is 1. The number of hydrogen-bond donors (Lipinski definition) is 1. The van der Waals surface area contributed by atoms with Crippen LogP contribution < -0.4 is 21.7 Å². The predicted octanol–water partition coefficient (Wildman–Crippen LogP) is -0.261. The van der Waals surface area contributed by atoms with E-state index in [0.717, 1.165) is 10.1 Å². The third kappa shape index (κ3) is 3.96. The van der Waals surface area contributed by atoms with Crippen molar-refractivity contribution in [3.05, 3.63) is 81.0 Å². The number of carboxylic acids is 1. The number of rotatable bonds is 6. The Hall–Kier alpha value is -3.68. The Bertz CT molecular complexity index is 1180. The normalized spacial score (nSPS) is 13.0. The summed E-state index contributed by atoms with van der Waals surface area (Å²) in [5.41, 5.74) is -0.108. The molecule has 1 N–H and O–H groups in total. The van der Waals surface area contributed by atoms with E-state index >= 15 is 0 Å². The molecule has 0 unspecified atom stereocenters. The summed E-state index contributed by atoms with van der Waals surface area (Å²) in [7, 11) is 1.52. The van der Waals surface area contributed by atoms with E-state index in [1.54, 1.807) is 54.6 Å². The summed E-state index contributed by atoms with van der Waals surface area (Å²) in [5.74, 6) is -2.21. The van der Waals surface area contributed by atoms with E-state index in [-0.39, 0.29) is 11.8 Å². The maximum atomic E-state index is 13.1. The van der Waals surface area contributed by atoms with Crippen molar-refractivity contribution in [3.63, 3.8) is 0 Å². The number of nitrogens with zero attached hydrogens (tertiary/aromatic N) is 2. The van der Waals surface area contributed by atoms with Gasteiger partial charge in [0.2, 0.25) is 5.91 Å². The second-order valence-corrected chi connectivity index (χ2v) is 6.79. The van der Waals surface area contributed by atoms with Gasteiger partial charge in [0.25, 0.3) is 5.56 Å². The number of hydrogen-bond acceptors (Lipinski definition) is 5. The van der Waals surface area contributed by atoms with Gasteiger partial charge < -0.3 is 15.2 Å². The van der Waals surface area contributed by atoms with Gasteiger partial charge in [0.15, 0.2) is 0 Å². The number of fused-ring (bicyclic) bond motifs is 1. The highest BCUT2D eigenvalue weighted by Gasteiger charge is 2.27. The molecule has 0 aliphatic carbocycles. The maximum Gasteiger partial charge on any atom is 0.331 e. The van der Waals surface area contributed by atoms with Gasteiger partial charge in [-0.15, -0.1) is 0 Å². The van der Waals surface area contributed by atoms with Gasteiger partial charge in [0, 0.05) is 13.5 Å². The van der Waals surface area contributed by atoms with Crippen LogP contribution in [0.4, 0.5) is 0 Å². The average Bonchev–Trinajstić information content (AvgIpc) is 2.72. The zero-order valence-corrected chi connectivity index (χ0v) is 16.0. The van der Waals surface area contributed by atoms with Crippen LogP contribution in [0.15, 0.2) is 64.2 Å². The molecule has 0 fully saturated rings. The molecule has 3 aromatic rings. The van der Waals surface area contributed by atoms with Gasteiger partial charge in [-0.1, -0.05) is 42.5 Å². The molecule has 1 aromatic heterocycles. The lowest BCUT2D eigenvalue weighted by molar-refractivity contribution is -0.307. The fraction of sp³-hybridized carbons (Fsp3) is 0.238. The lowest BCUT2D eigenvalue weighted by Crippen LogP contribution is -2.52. The molecule has 0 aliphatic rings. The molecule has 0 radical (unpaired) electrons. The van der Waals surface area contributed by atoms with Crippen LogP contribution in [-0.2, 0) is 23.1 Å². The van der Waals surface area contributed by atoms with Crippen molar-refractivity contribution >= 4 is 22.8 Å². The number of benzene rings is 2. The third-order valence-electron chi connectivity index (χ3n) is 4.81. The number of aryl methyl sites for hydroxylation is 1. The molecular formula is C21H20N3O5-. The van der Waals surface area contributed by atoms with Crippen LogP contribution in [0.3, 0.4) is 0 Å². The van der Waals surface area contributed by atoms with Crippen molar-refractivity contribution in [1.29, 1.82) is 0 Å². The van der Waals surface area contributed by atoms with Crippen molar-refractivity contribution in [2.75, 3.05) is 0 Å². The summed E-state index contributed by atoms with van der Waals surface area (Å²) in [5, 5.41) is 13.7. The molecule has 150 valence electrons. The number of aromatic nitrogens is 2. The average molecular weight is 394 g/mol. The number of carbonyl (C=O) groups is 2. The van der Waals surface area contributed by atoms with Crippen LogP contribution in [0.25, 0.3) is 10.9 Å². The monoisotopic (exact) mass is 394 g/mol. The number of carboxylic acid groups (broad SMARTS) is 1. The minimum Gasteiger partial charge on any atom is -0.548 e. The van der Waals surface area contributed by atoms with Crippen LogP contribution in [0.5, 0.6) is 0 Å². The van der Waals surface area contributed by atoms with Gasteiger partial charge in [0.1, 0.15) is 6.04 Å². The van der Waals surface area contributed by atoms with Gasteiger partial charge in [-0.2, -0.15) is 0 Å². The second-order valence-electron chi connectivity index (χ2n) is 6.79. The molecule has 8 heteroatoms. The molecule has 29 heavy (non-hydrogen) atoms. The Morgan fingerprint density at radius 1 is 1.03 bits per heavy atom. The quantitative estimate of drug-likeness (QED) is 0.619. The lowest BCUT2D eigenvalue weighted by atomic mass is 10.0. The number of amides is 1. The van der Waals surface area contributed by atoms with Gasteiger partial charge in [-0.25, -0.2) is 9.36 Å². The fourth-order valence-electron chi connectivity index (χ4n) is 3.21. The molecular weight excluding hydrogens is 374 g/mol. The highest BCUT2D eigenvalue weighted by molar-refractivity contribution is 5.86. The van der Waals surface area contributed by atoms with Gasteiger partial charge >= 0.3 is 5.69 Å². The lowest BCUT2D eigenvalue weighted by Gasteiger charge is -2.23. The highest BCUT2D eigenvalue weighted by atomic mass is 16.4. The van der Waals surface area contributed by atoms with Crippen LogP contribution in [0.2, 0.25) is 0 Å². The standard InChI is InChI=1S/C21H21N3O5/c1-13(20(27)28)22-18(25)17(12-14-8-4-3-5-9-14)24-19(26)15-10-6-7-11-16(15)23(2)21(24)29/h3-11,13,17H,12H2,1-2H3,(H,22,25)(H,27,28)/p-1/t13-,17+/m1/s1. The van der Waals surface area contributed by atoms with E-state index in [9.17, 15) is 24.3 Å². The Labute approximate surface area is 166 Å². The van der Waals surface area contributed by atoms with E-state index in [0.29, 0.717) is 5.52 Å². The Balaban J connectivity index is 2.18. The predicted molar refractivity (Wildman–Crippen MR) is 105 cm³/mol. The Kier molecular flexibility index (Phi) is 5.63. The molecule has 0 aliphatic heterocycles. The molecule has 8 nitrogen and oxygen atoms in total. The zero-order chi connectivity index (χ0) is 21.1. The van der Waals surface area contributed by atoms with Crippen molar-refractivity contribution in [2.45, 2.75) is 25.4 Å². The van der Waals surface area contributed by atoms with Gasteiger partial charge in [0.05, 0.1) is 22.9 Å². The first-order chi connectivity index (χ1) is 13.8. The topological polar surface area (TPSA) is 113 Å². The highest BCUT2D eigenvalue weighted by Crippen LogP contribution is 2.14. The van der Waals surface area contributed by atoms with Crippen LogP contribution >= 0.6 is 0 Å². The van der Waals surface area contributed by atoms with E-state index in [2.05, 4.69) is 5.32 Å². The SMILES string of the molecule is C[C@@H](NC(=O)[C@H](Cc1ccccc1)n1c(=O)c2ccccc2n(C)c1=O)C(=O)[O-]. The Morgan fingerprint density at radius 3 is 2.31 bits per heavy atom. The molecule has 0 spiro atoms. The zero-order valence-electron chi connectivity index (χ0n) is 16.0. The maximum absolute atomic E-state index is 13.1. The summed E-state index contributed by atoms with van der Waals surface area (Å²) in [6.45, 7) is 1.26. The van der Waals surface area contributed by atoms with Crippen molar-refractivity contribution in [2.24, 2.45) is 7.05 Å². The molecule has 3 rings (SSSR count). The summed E-state index contributed by atoms with van der Waals surface area (Å²) < 4.78 is 2.18. The van der Waals surface area contributed by atoms with E-state index < -0.39 is 35.2 Å². The molecule has 0 saturated heterocycles.